The van der Waals surface area contributed by atoms with Gasteiger partial charge in [-0.25, -0.2) is 0 Å². The number of rotatable bonds is 7. The Hall–Kier alpha value is -1.64. The second-order valence-corrected chi connectivity index (χ2v) is 6.67. The Morgan fingerprint density at radius 1 is 0.773 bits per heavy atom. The highest BCUT2D eigenvalue weighted by Crippen LogP contribution is 2.17. The minimum atomic E-state index is 0.0261. The molecule has 2 heteroatoms. The smallest absolute Gasteiger partial charge is 0.0297 e. The van der Waals surface area contributed by atoms with Crippen LogP contribution in [0.5, 0.6) is 0 Å². The van der Waals surface area contributed by atoms with Crippen LogP contribution in [-0.2, 0) is 0 Å². The maximum atomic E-state index is 3.72. The minimum absolute atomic E-state index is 0.0261. The van der Waals surface area contributed by atoms with Crippen LogP contribution in [0, 0.1) is 0 Å². The van der Waals surface area contributed by atoms with Crippen molar-refractivity contribution in [2.24, 2.45) is 0 Å². The first-order chi connectivity index (χ1) is 10.5. The summed E-state index contributed by atoms with van der Waals surface area (Å²) in [7, 11) is 0. The highest BCUT2D eigenvalue weighted by molar-refractivity contribution is 5.19. The Bertz CT molecular complexity index is 548. The molecule has 2 aromatic carbocycles. The lowest BCUT2D eigenvalue weighted by atomic mass is 10.00. The minimum Gasteiger partial charge on any atom is -0.308 e. The second-order valence-electron chi connectivity index (χ2n) is 6.67. The predicted molar refractivity (Wildman–Crippen MR) is 94.9 cm³/mol. The van der Waals surface area contributed by atoms with Gasteiger partial charge in [-0.15, -0.1) is 0 Å². The summed E-state index contributed by atoms with van der Waals surface area (Å²) < 4.78 is 0. The standard InChI is InChI=1S/C20H28N2/c1-16(18-11-7-5-8-12-18)21-15-20(3,4)22-17(2)19-13-9-6-10-14-19/h5-14,16-17,21-22H,15H2,1-4H3. The predicted octanol–water partition coefficient (Wildman–Crippen LogP) is 4.47. The van der Waals surface area contributed by atoms with Crippen LogP contribution in [0.1, 0.15) is 50.9 Å². The van der Waals surface area contributed by atoms with Crippen molar-refractivity contribution in [2.75, 3.05) is 6.54 Å². The van der Waals surface area contributed by atoms with Crippen LogP contribution in [0.3, 0.4) is 0 Å². The average molecular weight is 296 g/mol. The van der Waals surface area contributed by atoms with Crippen molar-refractivity contribution in [2.45, 2.75) is 45.3 Å². The van der Waals surface area contributed by atoms with Gasteiger partial charge in [-0.05, 0) is 38.8 Å². The highest BCUT2D eigenvalue weighted by atomic mass is 15.1. The van der Waals surface area contributed by atoms with Gasteiger partial charge in [-0.1, -0.05) is 60.7 Å². The Kier molecular flexibility index (Phi) is 5.76. The Labute approximate surface area is 135 Å². The molecule has 118 valence electrons. The molecule has 2 atom stereocenters. The summed E-state index contributed by atoms with van der Waals surface area (Å²) in [6.07, 6.45) is 0. The van der Waals surface area contributed by atoms with E-state index in [1.165, 1.54) is 11.1 Å². The zero-order chi connectivity index (χ0) is 16.0. The van der Waals surface area contributed by atoms with Gasteiger partial charge in [0.25, 0.3) is 0 Å². The molecule has 0 aromatic heterocycles. The van der Waals surface area contributed by atoms with Crippen molar-refractivity contribution in [3.63, 3.8) is 0 Å². The molecule has 0 fully saturated rings. The van der Waals surface area contributed by atoms with Gasteiger partial charge in [0, 0.05) is 24.2 Å². The first kappa shape index (κ1) is 16.7. The monoisotopic (exact) mass is 296 g/mol. The number of hydrogen-bond acceptors (Lipinski definition) is 2. The van der Waals surface area contributed by atoms with E-state index in [2.05, 4.69) is 99.0 Å². The SMILES string of the molecule is CC(NCC(C)(C)NC(C)c1ccccc1)c1ccccc1. The molecule has 0 saturated carbocycles. The summed E-state index contributed by atoms with van der Waals surface area (Å²) in [4.78, 5) is 0. The maximum absolute atomic E-state index is 3.72. The van der Waals surface area contributed by atoms with Crippen molar-refractivity contribution < 1.29 is 0 Å². The van der Waals surface area contributed by atoms with Crippen LogP contribution in [0.15, 0.2) is 60.7 Å². The number of nitrogens with one attached hydrogen (secondary N) is 2. The van der Waals surface area contributed by atoms with Gasteiger partial charge in [0.15, 0.2) is 0 Å². The lowest BCUT2D eigenvalue weighted by molar-refractivity contribution is 0.319. The molecule has 0 bridgehead atoms. The molecule has 0 heterocycles. The van der Waals surface area contributed by atoms with Crippen LogP contribution in [0.25, 0.3) is 0 Å². The fourth-order valence-corrected chi connectivity index (χ4v) is 2.73. The summed E-state index contributed by atoms with van der Waals surface area (Å²) in [5, 5.41) is 7.35. The molecule has 0 aliphatic carbocycles. The summed E-state index contributed by atoms with van der Waals surface area (Å²) >= 11 is 0. The van der Waals surface area contributed by atoms with E-state index in [4.69, 9.17) is 0 Å². The molecule has 0 spiro atoms. The zero-order valence-electron chi connectivity index (χ0n) is 14.1. The molecule has 0 amide bonds. The Balaban J connectivity index is 1.88. The molecular formula is C20H28N2. The highest BCUT2D eigenvalue weighted by Gasteiger charge is 2.21. The third-order valence-corrected chi connectivity index (χ3v) is 4.06. The molecule has 22 heavy (non-hydrogen) atoms. The molecule has 0 aliphatic rings. The van der Waals surface area contributed by atoms with Gasteiger partial charge < -0.3 is 10.6 Å². The lowest BCUT2D eigenvalue weighted by Gasteiger charge is -2.32. The van der Waals surface area contributed by atoms with Gasteiger partial charge in [-0.3, -0.25) is 0 Å². The normalized spacial score (nSPS) is 14.5. The van der Waals surface area contributed by atoms with Gasteiger partial charge in [0.05, 0.1) is 0 Å². The first-order valence-corrected chi connectivity index (χ1v) is 8.09. The van der Waals surface area contributed by atoms with E-state index < -0.39 is 0 Å². The Morgan fingerprint density at radius 2 is 1.23 bits per heavy atom. The first-order valence-electron chi connectivity index (χ1n) is 8.09. The van der Waals surface area contributed by atoms with Crippen molar-refractivity contribution in [3.05, 3.63) is 71.8 Å². The van der Waals surface area contributed by atoms with Crippen LogP contribution in [0.2, 0.25) is 0 Å². The zero-order valence-corrected chi connectivity index (χ0v) is 14.1. The molecule has 2 rings (SSSR count). The summed E-state index contributed by atoms with van der Waals surface area (Å²) in [5.74, 6) is 0. The summed E-state index contributed by atoms with van der Waals surface area (Å²) in [6.45, 7) is 9.85. The largest absolute Gasteiger partial charge is 0.308 e. The molecule has 2 aromatic rings. The van der Waals surface area contributed by atoms with Crippen molar-refractivity contribution >= 4 is 0 Å². The number of benzene rings is 2. The third-order valence-electron chi connectivity index (χ3n) is 4.06. The van der Waals surface area contributed by atoms with E-state index in [1.54, 1.807) is 0 Å². The van der Waals surface area contributed by atoms with E-state index in [0.29, 0.717) is 12.1 Å². The van der Waals surface area contributed by atoms with Gasteiger partial charge in [0.2, 0.25) is 0 Å². The third kappa shape index (κ3) is 4.97. The summed E-state index contributed by atoms with van der Waals surface area (Å²) in [6, 6.07) is 21.9. The summed E-state index contributed by atoms with van der Waals surface area (Å²) in [5.41, 5.74) is 2.68. The fourth-order valence-electron chi connectivity index (χ4n) is 2.73. The van der Waals surface area contributed by atoms with E-state index >= 15 is 0 Å². The van der Waals surface area contributed by atoms with Crippen LogP contribution >= 0.6 is 0 Å². The van der Waals surface area contributed by atoms with Gasteiger partial charge in [-0.2, -0.15) is 0 Å². The quantitative estimate of drug-likeness (QED) is 0.788. The molecule has 0 radical (unpaired) electrons. The molecule has 0 aliphatic heterocycles. The average Bonchev–Trinajstić information content (AvgIpc) is 2.54. The fraction of sp³-hybridized carbons (Fsp3) is 0.400. The molecule has 2 unspecified atom stereocenters. The van der Waals surface area contributed by atoms with Crippen molar-refractivity contribution in [1.29, 1.82) is 0 Å². The topological polar surface area (TPSA) is 24.1 Å². The maximum Gasteiger partial charge on any atom is 0.0297 e. The van der Waals surface area contributed by atoms with Crippen LogP contribution in [0.4, 0.5) is 0 Å². The van der Waals surface area contributed by atoms with E-state index in [1.807, 2.05) is 0 Å². The molecule has 2 N–H and O–H groups in total. The van der Waals surface area contributed by atoms with Gasteiger partial charge in [0.1, 0.15) is 0 Å². The molecule has 0 saturated heterocycles. The van der Waals surface area contributed by atoms with E-state index in [9.17, 15) is 0 Å². The second kappa shape index (κ2) is 7.57. The van der Waals surface area contributed by atoms with Crippen molar-refractivity contribution in [1.82, 2.24) is 10.6 Å². The van der Waals surface area contributed by atoms with Crippen LogP contribution < -0.4 is 10.6 Å². The van der Waals surface area contributed by atoms with Crippen molar-refractivity contribution in [3.8, 4) is 0 Å². The van der Waals surface area contributed by atoms with E-state index in [0.717, 1.165) is 6.54 Å². The Morgan fingerprint density at radius 3 is 1.73 bits per heavy atom. The van der Waals surface area contributed by atoms with Gasteiger partial charge >= 0.3 is 0 Å². The molecular weight excluding hydrogens is 268 g/mol. The molecule has 2 nitrogen and oxygen atoms in total. The van der Waals surface area contributed by atoms with Crippen LogP contribution in [-0.4, -0.2) is 12.1 Å². The number of hydrogen-bond donors (Lipinski definition) is 2. The lowest BCUT2D eigenvalue weighted by Crippen LogP contribution is -2.49. The van der Waals surface area contributed by atoms with E-state index in [-0.39, 0.29) is 5.54 Å².